The highest BCUT2D eigenvalue weighted by Crippen LogP contribution is 2.19. The second-order valence-corrected chi connectivity index (χ2v) is 6.71. The van der Waals surface area contributed by atoms with E-state index in [0.717, 1.165) is 34.8 Å². The highest BCUT2D eigenvalue weighted by molar-refractivity contribution is 7.80. The Morgan fingerprint density at radius 3 is 2.50 bits per heavy atom. The Bertz CT molecular complexity index is 867. The molecule has 1 N–H and O–H groups in total. The highest BCUT2D eigenvalue weighted by Gasteiger charge is 2.05. The van der Waals surface area contributed by atoms with E-state index < -0.39 is 0 Å². The summed E-state index contributed by atoms with van der Waals surface area (Å²) < 4.78 is 5.87. The first-order valence-corrected chi connectivity index (χ1v) is 9.29. The van der Waals surface area contributed by atoms with Crippen LogP contribution in [0, 0.1) is 0 Å². The molecule has 0 aliphatic rings. The van der Waals surface area contributed by atoms with E-state index in [1.165, 1.54) is 5.56 Å². The molecule has 3 aromatic rings. The van der Waals surface area contributed by atoms with Crippen LogP contribution < -0.4 is 10.1 Å². The maximum atomic E-state index is 6.17. The molecule has 4 heteroatoms. The van der Waals surface area contributed by atoms with Crippen molar-refractivity contribution in [3.8, 4) is 5.75 Å². The monoisotopic (exact) mass is 381 g/mol. The Hall–Kier alpha value is -2.36. The van der Waals surface area contributed by atoms with E-state index in [4.69, 9.17) is 28.6 Å². The van der Waals surface area contributed by atoms with Crippen molar-refractivity contribution < 1.29 is 4.74 Å². The number of ether oxygens (including phenoxy) is 1. The van der Waals surface area contributed by atoms with E-state index in [9.17, 15) is 0 Å². The molecule has 0 unspecified atom stereocenters. The molecule has 0 saturated carbocycles. The molecular formula is C22H20ClNOS. The van der Waals surface area contributed by atoms with E-state index in [0.29, 0.717) is 11.6 Å². The highest BCUT2D eigenvalue weighted by atomic mass is 35.5. The molecule has 3 aromatic carbocycles. The molecule has 132 valence electrons. The van der Waals surface area contributed by atoms with E-state index in [-0.39, 0.29) is 0 Å². The van der Waals surface area contributed by atoms with Gasteiger partial charge in [-0.1, -0.05) is 84.5 Å². The molecule has 0 fully saturated rings. The van der Waals surface area contributed by atoms with Crippen molar-refractivity contribution in [2.75, 3.05) is 6.54 Å². The summed E-state index contributed by atoms with van der Waals surface area (Å²) in [5.74, 6) is 0.773. The number of halogens is 1. The zero-order chi connectivity index (χ0) is 18.2. The molecule has 0 atom stereocenters. The van der Waals surface area contributed by atoms with Crippen LogP contribution in [0.25, 0.3) is 0 Å². The lowest BCUT2D eigenvalue weighted by molar-refractivity contribution is 0.306. The summed E-state index contributed by atoms with van der Waals surface area (Å²) in [6, 6.07) is 25.9. The zero-order valence-electron chi connectivity index (χ0n) is 14.3. The van der Waals surface area contributed by atoms with Gasteiger partial charge in [-0.3, -0.25) is 0 Å². The number of rotatable bonds is 7. The first-order valence-electron chi connectivity index (χ1n) is 8.51. The van der Waals surface area contributed by atoms with E-state index >= 15 is 0 Å². The summed E-state index contributed by atoms with van der Waals surface area (Å²) in [6.45, 7) is 1.23. The second kappa shape index (κ2) is 9.37. The average molecular weight is 382 g/mol. The minimum Gasteiger partial charge on any atom is -0.489 e. The minimum atomic E-state index is 0.428. The fourth-order valence-electron chi connectivity index (χ4n) is 2.57. The molecule has 0 bridgehead atoms. The predicted molar refractivity (Wildman–Crippen MR) is 112 cm³/mol. The van der Waals surface area contributed by atoms with Crippen molar-refractivity contribution in [1.29, 1.82) is 0 Å². The molecule has 0 heterocycles. The second-order valence-electron chi connectivity index (χ2n) is 5.90. The van der Waals surface area contributed by atoms with Gasteiger partial charge >= 0.3 is 0 Å². The Morgan fingerprint density at radius 2 is 1.69 bits per heavy atom. The van der Waals surface area contributed by atoms with Crippen LogP contribution in [0.2, 0.25) is 5.02 Å². The third-order valence-corrected chi connectivity index (χ3v) is 4.74. The van der Waals surface area contributed by atoms with Crippen molar-refractivity contribution in [1.82, 2.24) is 5.32 Å². The lowest BCUT2D eigenvalue weighted by atomic mass is 10.1. The van der Waals surface area contributed by atoms with Crippen molar-refractivity contribution >= 4 is 28.8 Å². The number of hydrogen-bond acceptors (Lipinski definition) is 2. The Morgan fingerprint density at radius 1 is 0.923 bits per heavy atom. The number of nitrogens with one attached hydrogen (secondary N) is 1. The van der Waals surface area contributed by atoms with Crippen molar-refractivity contribution in [3.05, 3.63) is 101 Å². The van der Waals surface area contributed by atoms with E-state index in [2.05, 4.69) is 17.4 Å². The van der Waals surface area contributed by atoms with Crippen molar-refractivity contribution in [3.63, 3.8) is 0 Å². The van der Waals surface area contributed by atoms with Crippen LogP contribution in [0.3, 0.4) is 0 Å². The van der Waals surface area contributed by atoms with E-state index in [1.54, 1.807) is 0 Å². The van der Waals surface area contributed by atoms with Crippen molar-refractivity contribution in [2.45, 2.75) is 13.0 Å². The average Bonchev–Trinajstić information content (AvgIpc) is 2.68. The SMILES string of the molecule is S=C(NCCc1ccccc1)c1cccc(OCc2ccccc2Cl)c1. The van der Waals surface area contributed by atoms with Crippen LogP contribution in [-0.4, -0.2) is 11.5 Å². The Balaban J connectivity index is 1.54. The first kappa shape index (κ1) is 18.4. The molecule has 0 spiro atoms. The molecule has 0 saturated heterocycles. The Labute approximate surface area is 164 Å². The van der Waals surface area contributed by atoms with Crippen LogP contribution in [0.15, 0.2) is 78.9 Å². The summed E-state index contributed by atoms with van der Waals surface area (Å²) >= 11 is 11.7. The number of hydrogen-bond donors (Lipinski definition) is 1. The maximum absolute atomic E-state index is 6.17. The van der Waals surface area contributed by atoms with Gasteiger partial charge in [0.25, 0.3) is 0 Å². The standard InChI is InChI=1S/C22H20ClNOS/c23-21-12-5-4-9-19(21)16-25-20-11-6-10-18(15-20)22(26)24-14-13-17-7-2-1-3-8-17/h1-12,15H,13-14,16H2,(H,24,26). The third kappa shape index (κ3) is 5.32. The minimum absolute atomic E-state index is 0.428. The summed E-state index contributed by atoms with van der Waals surface area (Å²) in [5, 5.41) is 4.02. The van der Waals surface area contributed by atoms with E-state index in [1.807, 2.05) is 66.7 Å². The van der Waals surface area contributed by atoms with Gasteiger partial charge in [-0.25, -0.2) is 0 Å². The molecule has 0 aromatic heterocycles. The molecule has 26 heavy (non-hydrogen) atoms. The van der Waals surface area contributed by atoms with Gasteiger partial charge in [0.1, 0.15) is 17.3 Å². The summed E-state index contributed by atoms with van der Waals surface area (Å²) in [4.78, 5) is 0.726. The van der Waals surface area contributed by atoms with Crippen LogP contribution in [0.1, 0.15) is 16.7 Å². The van der Waals surface area contributed by atoms with Crippen LogP contribution >= 0.6 is 23.8 Å². The van der Waals surface area contributed by atoms with Crippen molar-refractivity contribution in [2.24, 2.45) is 0 Å². The van der Waals surface area contributed by atoms with Crippen LogP contribution in [0.5, 0.6) is 5.75 Å². The van der Waals surface area contributed by atoms with Gasteiger partial charge in [0.05, 0.1) is 0 Å². The maximum Gasteiger partial charge on any atom is 0.120 e. The lowest BCUT2D eigenvalue weighted by Gasteiger charge is -2.11. The summed E-state index contributed by atoms with van der Waals surface area (Å²) in [6.07, 6.45) is 0.934. The molecule has 2 nitrogen and oxygen atoms in total. The normalized spacial score (nSPS) is 10.3. The molecule has 0 amide bonds. The zero-order valence-corrected chi connectivity index (χ0v) is 15.9. The van der Waals surface area contributed by atoms with Crippen LogP contribution in [0.4, 0.5) is 0 Å². The molecule has 0 aliphatic carbocycles. The molecular weight excluding hydrogens is 362 g/mol. The summed E-state index contributed by atoms with van der Waals surface area (Å²) in [7, 11) is 0. The molecule has 3 rings (SSSR count). The summed E-state index contributed by atoms with van der Waals surface area (Å²) in [5.41, 5.74) is 3.20. The largest absolute Gasteiger partial charge is 0.489 e. The molecule has 0 aliphatic heterocycles. The molecule has 0 radical (unpaired) electrons. The lowest BCUT2D eigenvalue weighted by Crippen LogP contribution is -2.24. The Kier molecular flexibility index (Phi) is 6.64. The van der Waals surface area contributed by atoms with Crippen LogP contribution in [-0.2, 0) is 13.0 Å². The predicted octanol–water partition coefficient (Wildman–Crippen LogP) is 5.43. The number of benzene rings is 3. The third-order valence-electron chi connectivity index (χ3n) is 3.99. The first-order chi connectivity index (χ1) is 12.7. The van der Waals surface area contributed by atoms with Gasteiger partial charge in [-0.15, -0.1) is 0 Å². The topological polar surface area (TPSA) is 21.3 Å². The van der Waals surface area contributed by atoms with Gasteiger partial charge in [-0.2, -0.15) is 0 Å². The van der Waals surface area contributed by atoms with Gasteiger partial charge in [0, 0.05) is 22.7 Å². The van der Waals surface area contributed by atoms with Gasteiger partial charge in [0.15, 0.2) is 0 Å². The van der Waals surface area contributed by atoms with Gasteiger partial charge in [0.2, 0.25) is 0 Å². The van der Waals surface area contributed by atoms with Gasteiger partial charge < -0.3 is 10.1 Å². The quantitative estimate of drug-likeness (QED) is 0.551. The number of thiocarbonyl (C=S) groups is 1. The fourth-order valence-corrected chi connectivity index (χ4v) is 2.99. The smallest absolute Gasteiger partial charge is 0.120 e. The van der Waals surface area contributed by atoms with Gasteiger partial charge in [-0.05, 0) is 30.2 Å². The fraction of sp³-hybridized carbons (Fsp3) is 0.136.